The molecular formula is C16H24ClN3O2. The van der Waals surface area contributed by atoms with Crippen LogP contribution in [0.15, 0.2) is 24.3 Å². The molecule has 0 saturated carbocycles. The smallest absolute Gasteiger partial charge is 0.253 e. The maximum Gasteiger partial charge on any atom is 0.253 e. The van der Waals surface area contributed by atoms with Gasteiger partial charge in [0.2, 0.25) is 0 Å². The molecule has 1 aromatic rings. The monoisotopic (exact) mass is 325 g/mol. The van der Waals surface area contributed by atoms with Crippen LogP contribution in [-0.4, -0.2) is 60.9 Å². The number of carbonyl (C=O) groups is 2. The first kappa shape index (κ1) is 18.5. The fourth-order valence-electron chi connectivity index (χ4n) is 2.45. The summed E-state index contributed by atoms with van der Waals surface area (Å²) in [5.41, 5.74) is 1.15. The van der Waals surface area contributed by atoms with Crippen molar-refractivity contribution in [2.45, 2.75) is 19.9 Å². The minimum atomic E-state index is -0.0548. The zero-order valence-electron chi connectivity index (χ0n) is 13.3. The van der Waals surface area contributed by atoms with Crippen LogP contribution in [0.1, 0.15) is 34.6 Å². The van der Waals surface area contributed by atoms with Gasteiger partial charge in [-0.25, -0.2) is 0 Å². The average Bonchev–Trinajstić information content (AvgIpc) is 2.52. The Hall–Kier alpha value is -1.59. The summed E-state index contributed by atoms with van der Waals surface area (Å²) >= 11 is 0. The molecule has 1 atom stereocenters. The van der Waals surface area contributed by atoms with E-state index in [1.54, 1.807) is 36.2 Å². The van der Waals surface area contributed by atoms with Gasteiger partial charge in [-0.3, -0.25) is 9.59 Å². The number of halogens is 1. The van der Waals surface area contributed by atoms with Gasteiger partial charge in [0.05, 0.1) is 0 Å². The SMILES string of the molecule is CCN(C)C(=O)c1cccc(C(=O)N2CCNC(C)C2)c1.Cl. The Bertz CT molecular complexity index is 536. The molecule has 0 spiro atoms. The standard InChI is InChI=1S/C16H23N3O2.ClH/c1-4-18(3)15(20)13-6-5-7-14(10-13)16(21)19-9-8-17-12(2)11-19;/h5-7,10,12,17H,4,8-9,11H2,1-3H3;1H. The molecule has 1 saturated heterocycles. The summed E-state index contributed by atoms with van der Waals surface area (Å²) in [5, 5.41) is 3.32. The average molecular weight is 326 g/mol. The van der Waals surface area contributed by atoms with Crippen LogP contribution in [0, 0.1) is 0 Å². The van der Waals surface area contributed by atoms with E-state index in [0.717, 1.165) is 6.54 Å². The Morgan fingerprint density at radius 1 is 1.36 bits per heavy atom. The lowest BCUT2D eigenvalue weighted by molar-refractivity contribution is 0.0709. The molecular weight excluding hydrogens is 302 g/mol. The molecule has 122 valence electrons. The van der Waals surface area contributed by atoms with Crippen LogP contribution < -0.4 is 5.32 Å². The minimum Gasteiger partial charge on any atom is -0.342 e. The summed E-state index contributed by atoms with van der Waals surface area (Å²) in [6, 6.07) is 7.31. The molecule has 0 aromatic heterocycles. The fourth-order valence-corrected chi connectivity index (χ4v) is 2.45. The summed E-state index contributed by atoms with van der Waals surface area (Å²) in [6.45, 7) is 6.85. The third-order valence-electron chi connectivity index (χ3n) is 3.83. The van der Waals surface area contributed by atoms with Crippen LogP contribution >= 0.6 is 12.4 Å². The lowest BCUT2D eigenvalue weighted by Gasteiger charge is -2.32. The third-order valence-corrected chi connectivity index (χ3v) is 3.83. The van der Waals surface area contributed by atoms with E-state index in [1.807, 2.05) is 11.8 Å². The molecule has 1 fully saturated rings. The molecule has 0 aliphatic carbocycles. The van der Waals surface area contributed by atoms with E-state index in [4.69, 9.17) is 0 Å². The van der Waals surface area contributed by atoms with E-state index in [0.29, 0.717) is 36.8 Å². The van der Waals surface area contributed by atoms with Gasteiger partial charge in [0.25, 0.3) is 11.8 Å². The maximum atomic E-state index is 12.5. The first-order chi connectivity index (χ1) is 10.0. The van der Waals surface area contributed by atoms with Gasteiger partial charge >= 0.3 is 0 Å². The van der Waals surface area contributed by atoms with Crippen molar-refractivity contribution in [1.82, 2.24) is 15.1 Å². The Labute approximate surface area is 138 Å². The molecule has 1 heterocycles. The van der Waals surface area contributed by atoms with Gasteiger partial charge in [0.1, 0.15) is 0 Å². The number of rotatable bonds is 3. The molecule has 22 heavy (non-hydrogen) atoms. The van der Waals surface area contributed by atoms with Gasteiger partial charge in [-0.2, -0.15) is 0 Å². The van der Waals surface area contributed by atoms with E-state index in [-0.39, 0.29) is 24.2 Å². The predicted octanol–water partition coefficient (Wildman–Crippen LogP) is 1.63. The summed E-state index contributed by atoms with van der Waals surface area (Å²) in [4.78, 5) is 28.2. The van der Waals surface area contributed by atoms with Crippen molar-refractivity contribution < 1.29 is 9.59 Å². The first-order valence-electron chi connectivity index (χ1n) is 7.41. The molecule has 0 radical (unpaired) electrons. The number of nitrogens with zero attached hydrogens (tertiary/aromatic N) is 2. The Morgan fingerprint density at radius 3 is 2.68 bits per heavy atom. The van der Waals surface area contributed by atoms with Crippen LogP contribution in [-0.2, 0) is 0 Å². The molecule has 2 amide bonds. The van der Waals surface area contributed by atoms with E-state index in [9.17, 15) is 9.59 Å². The molecule has 0 bridgehead atoms. The zero-order valence-corrected chi connectivity index (χ0v) is 14.2. The Morgan fingerprint density at radius 2 is 2.05 bits per heavy atom. The topological polar surface area (TPSA) is 52.7 Å². The van der Waals surface area contributed by atoms with E-state index in [1.165, 1.54) is 0 Å². The number of hydrogen-bond acceptors (Lipinski definition) is 3. The largest absolute Gasteiger partial charge is 0.342 e. The fraction of sp³-hybridized carbons (Fsp3) is 0.500. The molecule has 6 heteroatoms. The second-order valence-electron chi connectivity index (χ2n) is 5.51. The highest BCUT2D eigenvalue weighted by Gasteiger charge is 2.22. The number of benzene rings is 1. The number of piperazine rings is 1. The number of hydrogen-bond donors (Lipinski definition) is 1. The van der Waals surface area contributed by atoms with Crippen LogP contribution in [0.25, 0.3) is 0 Å². The maximum absolute atomic E-state index is 12.5. The lowest BCUT2D eigenvalue weighted by atomic mass is 10.1. The summed E-state index contributed by atoms with van der Waals surface area (Å²) in [6.07, 6.45) is 0. The number of amides is 2. The van der Waals surface area contributed by atoms with Crippen LogP contribution in [0.3, 0.4) is 0 Å². The summed E-state index contributed by atoms with van der Waals surface area (Å²) in [7, 11) is 1.76. The molecule has 1 N–H and O–H groups in total. The van der Waals surface area contributed by atoms with Gasteiger partial charge in [-0.1, -0.05) is 6.07 Å². The molecule has 5 nitrogen and oxygen atoms in total. The van der Waals surface area contributed by atoms with Crippen molar-refractivity contribution in [3.05, 3.63) is 35.4 Å². The highest BCUT2D eigenvalue weighted by Crippen LogP contribution is 2.12. The number of carbonyl (C=O) groups excluding carboxylic acids is 2. The van der Waals surface area contributed by atoms with Crippen molar-refractivity contribution in [3.63, 3.8) is 0 Å². The quantitative estimate of drug-likeness (QED) is 0.919. The van der Waals surface area contributed by atoms with Crippen molar-refractivity contribution in [3.8, 4) is 0 Å². The highest BCUT2D eigenvalue weighted by molar-refractivity contribution is 5.99. The molecule has 1 aromatic carbocycles. The Kier molecular flexibility index (Phi) is 6.84. The first-order valence-corrected chi connectivity index (χ1v) is 7.41. The van der Waals surface area contributed by atoms with Gasteiger partial charge in [0, 0.05) is 50.4 Å². The molecule has 1 aliphatic rings. The predicted molar refractivity (Wildman–Crippen MR) is 89.7 cm³/mol. The van der Waals surface area contributed by atoms with E-state index >= 15 is 0 Å². The van der Waals surface area contributed by atoms with Crippen LogP contribution in [0.2, 0.25) is 0 Å². The van der Waals surface area contributed by atoms with Crippen molar-refractivity contribution in [2.24, 2.45) is 0 Å². The lowest BCUT2D eigenvalue weighted by Crippen LogP contribution is -2.51. The summed E-state index contributed by atoms with van der Waals surface area (Å²) in [5.74, 6) is -0.0574. The van der Waals surface area contributed by atoms with Crippen LogP contribution in [0.5, 0.6) is 0 Å². The van der Waals surface area contributed by atoms with E-state index in [2.05, 4.69) is 12.2 Å². The van der Waals surface area contributed by atoms with E-state index < -0.39 is 0 Å². The van der Waals surface area contributed by atoms with Gasteiger partial charge in [0.15, 0.2) is 0 Å². The van der Waals surface area contributed by atoms with Gasteiger partial charge < -0.3 is 15.1 Å². The Balaban J connectivity index is 0.00000242. The van der Waals surface area contributed by atoms with Crippen molar-refractivity contribution >= 4 is 24.2 Å². The normalized spacial score (nSPS) is 17.6. The number of nitrogens with one attached hydrogen (secondary N) is 1. The summed E-state index contributed by atoms with van der Waals surface area (Å²) < 4.78 is 0. The van der Waals surface area contributed by atoms with Crippen molar-refractivity contribution in [2.75, 3.05) is 33.2 Å². The zero-order chi connectivity index (χ0) is 15.4. The molecule has 2 rings (SSSR count). The highest BCUT2D eigenvalue weighted by atomic mass is 35.5. The second-order valence-corrected chi connectivity index (χ2v) is 5.51. The van der Waals surface area contributed by atoms with Crippen LogP contribution in [0.4, 0.5) is 0 Å². The van der Waals surface area contributed by atoms with Crippen molar-refractivity contribution in [1.29, 1.82) is 0 Å². The third kappa shape index (κ3) is 4.21. The second kappa shape index (κ2) is 8.15. The van der Waals surface area contributed by atoms with Gasteiger partial charge in [-0.05, 0) is 32.0 Å². The molecule has 1 unspecified atom stereocenters. The molecule has 1 aliphatic heterocycles. The van der Waals surface area contributed by atoms with Gasteiger partial charge in [-0.15, -0.1) is 12.4 Å². The minimum absolute atomic E-state index is 0.